The summed E-state index contributed by atoms with van der Waals surface area (Å²) in [4.78, 5) is 22.3. The second kappa shape index (κ2) is 10.1. The van der Waals surface area contributed by atoms with E-state index in [1.807, 2.05) is 24.3 Å². The van der Waals surface area contributed by atoms with Crippen LogP contribution in [0.5, 0.6) is 5.75 Å². The summed E-state index contributed by atoms with van der Waals surface area (Å²) in [6.07, 6.45) is 1.47. The first-order chi connectivity index (χ1) is 14.4. The van der Waals surface area contributed by atoms with Gasteiger partial charge in [-0.2, -0.15) is 5.10 Å². The highest BCUT2D eigenvalue weighted by Crippen LogP contribution is 2.26. The first kappa shape index (κ1) is 21.7. The lowest BCUT2D eigenvalue weighted by Gasteiger charge is -2.09. The van der Waals surface area contributed by atoms with Crippen LogP contribution in [-0.2, 0) is 6.61 Å². The zero-order valence-corrected chi connectivity index (χ0v) is 18.6. The Morgan fingerprint density at radius 2 is 1.87 bits per heavy atom. The summed E-state index contributed by atoms with van der Waals surface area (Å²) >= 11 is 6.86. The van der Waals surface area contributed by atoms with Gasteiger partial charge in [-0.1, -0.05) is 34.1 Å². The van der Waals surface area contributed by atoms with Gasteiger partial charge in [-0.15, -0.1) is 0 Å². The van der Waals surface area contributed by atoms with Crippen LogP contribution in [-0.4, -0.2) is 17.0 Å². The molecule has 30 heavy (non-hydrogen) atoms. The Balaban J connectivity index is 1.59. The minimum Gasteiger partial charge on any atom is -0.488 e. The van der Waals surface area contributed by atoms with Crippen molar-refractivity contribution in [3.63, 3.8) is 0 Å². The summed E-state index contributed by atoms with van der Waals surface area (Å²) in [5.74, 6) is 0.138. The van der Waals surface area contributed by atoms with Gasteiger partial charge in [-0.05, 0) is 63.5 Å². The van der Waals surface area contributed by atoms with E-state index >= 15 is 0 Å². The average molecular weight is 533 g/mol. The number of hydrazone groups is 1. The van der Waals surface area contributed by atoms with Crippen molar-refractivity contribution in [2.24, 2.45) is 5.10 Å². The highest BCUT2D eigenvalue weighted by atomic mass is 79.9. The van der Waals surface area contributed by atoms with Crippen LogP contribution in [0.2, 0.25) is 0 Å². The van der Waals surface area contributed by atoms with E-state index in [4.69, 9.17) is 4.74 Å². The number of amides is 1. The van der Waals surface area contributed by atoms with Gasteiger partial charge in [0, 0.05) is 22.2 Å². The molecule has 1 N–H and O–H groups in total. The molecule has 0 aliphatic heterocycles. The largest absolute Gasteiger partial charge is 0.488 e. The van der Waals surface area contributed by atoms with Crippen molar-refractivity contribution in [2.45, 2.75) is 6.61 Å². The van der Waals surface area contributed by atoms with Crippen molar-refractivity contribution in [3.05, 3.63) is 102 Å². The highest BCUT2D eigenvalue weighted by Gasteiger charge is 2.10. The molecule has 0 fully saturated rings. The third-order valence-corrected chi connectivity index (χ3v) is 5.11. The van der Waals surface area contributed by atoms with Crippen molar-refractivity contribution in [1.82, 2.24) is 5.43 Å². The third-order valence-electron chi connectivity index (χ3n) is 3.96. The van der Waals surface area contributed by atoms with E-state index in [1.54, 1.807) is 18.2 Å². The summed E-state index contributed by atoms with van der Waals surface area (Å²) in [5, 5.41) is 14.7. The van der Waals surface area contributed by atoms with Gasteiger partial charge < -0.3 is 4.74 Å². The molecule has 0 radical (unpaired) electrons. The number of nitro groups is 1. The normalized spacial score (nSPS) is 10.7. The number of nitrogens with one attached hydrogen (secondary N) is 1. The summed E-state index contributed by atoms with van der Waals surface area (Å²) in [6.45, 7) is 0.429. The van der Waals surface area contributed by atoms with E-state index in [0.717, 1.165) is 20.1 Å². The Kier molecular flexibility index (Phi) is 7.31. The van der Waals surface area contributed by atoms with E-state index in [0.29, 0.717) is 12.4 Å². The molecule has 3 aromatic carbocycles. The van der Waals surface area contributed by atoms with Crippen LogP contribution in [0.4, 0.5) is 5.69 Å². The number of benzene rings is 3. The van der Waals surface area contributed by atoms with Crippen molar-refractivity contribution in [1.29, 1.82) is 0 Å². The van der Waals surface area contributed by atoms with Crippen LogP contribution >= 0.6 is 31.9 Å². The van der Waals surface area contributed by atoms with Gasteiger partial charge >= 0.3 is 0 Å². The Labute approximate surface area is 189 Å². The standard InChI is InChI=1S/C21H15Br2N3O4/c22-17-7-4-14(5-8-17)13-30-20-9-6-15(10-19(20)23)12-24-25-21(27)16-2-1-3-18(11-16)26(28)29/h1-12H,13H2,(H,25,27)/b24-12+. The fourth-order valence-electron chi connectivity index (χ4n) is 2.45. The molecule has 0 aromatic heterocycles. The molecule has 152 valence electrons. The molecule has 3 aromatic rings. The number of carbonyl (C=O) groups is 1. The van der Waals surface area contributed by atoms with Crippen molar-refractivity contribution in [3.8, 4) is 5.75 Å². The maximum Gasteiger partial charge on any atom is 0.271 e. The smallest absolute Gasteiger partial charge is 0.271 e. The summed E-state index contributed by atoms with van der Waals surface area (Å²) < 4.78 is 7.57. The molecule has 0 spiro atoms. The highest BCUT2D eigenvalue weighted by molar-refractivity contribution is 9.10. The zero-order chi connectivity index (χ0) is 21.5. The van der Waals surface area contributed by atoms with Crippen LogP contribution in [0, 0.1) is 10.1 Å². The molecular weight excluding hydrogens is 518 g/mol. The summed E-state index contributed by atoms with van der Waals surface area (Å²) in [5.41, 5.74) is 4.13. The Morgan fingerprint density at radius 1 is 1.10 bits per heavy atom. The molecule has 3 rings (SSSR count). The van der Waals surface area contributed by atoms with Crippen LogP contribution in [0.1, 0.15) is 21.5 Å². The van der Waals surface area contributed by atoms with Gasteiger partial charge in [-0.3, -0.25) is 14.9 Å². The average Bonchev–Trinajstić information content (AvgIpc) is 2.74. The molecule has 9 heteroatoms. The molecule has 0 aliphatic carbocycles. The predicted octanol–water partition coefficient (Wildman–Crippen LogP) is 5.46. The minimum absolute atomic E-state index is 0.152. The molecule has 0 bridgehead atoms. The fraction of sp³-hybridized carbons (Fsp3) is 0.0476. The minimum atomic E-state index is -0.558. The molecule has 1 amide bonds. The van der Waals surface area contributed by atoms with Crippen molar-refractivity contribution >= 4 is 49.7 Å². The molecular formula is C21H15Br2N3O4. The number of carbonyl (C=O) groups excluding carboxylic acids is 1. The number of non-ortho nitro benzene ring substituents is 1. The van der Waals surface area contributed by atoms with Crippen LogP contribution < -0.4 is 10.2 Å². The Morgan fingerprint density at radius 3 is 2.57 bits per heavy atom. The van der Waals surface area contributed by atoms with Gasteiger partial charge in [0.15, 0.2) is 0 Å². The van der Waals surface area contributed by atoms with Crippen LogP contribution in [0.15, 0.2) is 80.8 Å². The molecule has 0 saturated carbocycles. The first-order valence-electron chi connectivity index (χ1n) is 8.67. The second-order valence-corrected chi connectivity index (χ2v) is 7.88. The monoisotopic (exact) mass is 531 g/mol. The lowest BCUT2D eigenvalue weighted by molar-refractivity contribution is -0.384. The van der Waals surface area contributed by atoms with Gasteiger partial charge in [0.2, 0.25) is 0 Å². The quantitative estimate of drug-likeness (QED) is 0.248. The van der Waals surface area contributed by atoms with Crippen molar-refractivity contribution < 1.29 is 14.5 Å². The molecule has 0 atom stereocenters. The topological polar surface area (TPSA) is 93.8 Å². The lowest BCUT2D eigenvalue weighted by atomic mass is 10.2. The van der Waals surface area contributed by atoms with E-state index in [9.17, 15) is 14.9 Å². The summed E-state index contributed by atoms with van der Waals surface area (Å²) in [7, 11) is 0. The van der Waals surface area contributed by atoms with Gasteiger partial charge in [0.05, 0.1) is 15.6 Å². The van der Waals surface area contributed by atoms with E-state index in [-0.39, 0.29) is 11.3 Å². The van der Waals surface area contributed by atoms with Crippen molar-refractivity contribution in [2.75, 3.05) is 0 Å². The molecule has 7 nitrogen and oxygen atoms in total. The third kappa shape index (κ3) is 5.98. The van der Waals surface area contributed by atoms with Crippen LogP contribution in [0.3, 0.4) is 0 Å². The second-order valence-electron chi connectivity index (χ2n) is 6.11. The lowest BCUT2D eigenvalue weighted by Crippen LogP contribution is -2.17. The number of ether oxygens (including phenoxy) is 1. The number of hydrogen-bond donors (Lipinski definition) is 1. The number of nitro benzene ring substituents is 1. The maximum atomic E-state index is 12.1. The predicted molar refractivity (Wildman–Crippen MR) is 121 cm³/mol. The van der Waals surface area contributed by atoms with E-state index in [2.05, 4.69) is 42.4 Å². The Bertz CT molecular complexity index is 1100. The molecule has 0 unspecified atom stereocenters. The number of nitrogens with zero attached hydrogens (tertiary/aromatic N) is 2. The fourth-order valence-corrected chi connectivity index (χ4v) is 3.22. The maximum absolute atomic E-state index is 12.1. The zero-order valence-electron chi connectivity index (χ0n) is 15.4. The number of rotatable bonds is 7. The van der Waals surface area contributed by atoms with Gasteiger partial charge in [0.25, 0.3) is 11.6 Å². The van der Waals surface area contributed by atoms with Gasteiger partial charge in [0.1, 0.15) is 12.4 Å². The summed E-state index contributed by atoms with van der Waals surface area (Å²) in [6, 6.07) is 18.7. The number of halogens is 2. The first-order valence-corrected chi connectivity index (χ1v) is 10.3. The molecule has 0 aliphatic rings. The number of hydrogen-bond acceptors (Lipinski definition) is 5. The molecule has 0 saturated heterocycles. The Hall–Kier alpha value is -3.04. The van der Waals surface area contributed by atoms with E-state index in [1.165, 1.54) is 30.5 Å². The SMILES string of the molecule is O=C(N/N=C/c1ccc(OCc2ccc(Br)cc2)c(Br)c1)c1cccc([N+](=O)[O-])c1. The van der Waals surface area contributed by atoms with Gasteiger partial charge in [-0.25, -0.2) is 5.43 Å². The molecule has 0 heterocycles. The van der Waals surface area contributed by atoms with Crippen LogP contribution in [0.25, 0.3) is 0 Å². The van der Waals surface area contributed by atoms with E-state index < -0.39 is 10.8 Å².